The number of hydrogen-bond acceptors (Lipinski definition) is 4. The number of hydrogen-bond donors (Lipinski definition) is 3. The maximum absolute atomic E-state index is 10.1. The standard InChI is InChI=1S/BH2O3.F2HO2P.Li/c2-1(3)4;1-5(2,3)4;/h2-3H;(H,3,4);/q-1;;+1. The second-order valence-corrected chi connectivity index (χ2v) is 1.63. The Hall–Kier alpha value is 0.592. The van der Waals surface area contributed by atoms with E-state index in [-0.39, 0.29) is 18.9 Å². The summed E-state index contributed by atoms with van der Waals surface area (Å²) in [5.74, 6) is 0. The summed E-state index contributed by atoms with van der Waals surface area (Å²) in [7, 11) is -8.06. The van der Waals surface area contributed by atoms with Crippen molar-refractivity contribution in [3.8, 4) is 0 Å². The van der Waals surface area contributed by atoms with Crippen molar-refractivity contribution in [3.63, 3.8) is 0 Å². The summed E-state index contributed by atoms with van der Waals surface area (Å²) >= 11 is 0. The van der Waals surface area contributed by atoms with Crippen molar-refractivity contribution >= 4 is 15.3 Å². The predicted molar refractivity (Wildman–Crippen MR) is 22.2 cm³/mol. The van der Waals surface area contributed by atoms with Crippen LogP contribution < -0.4 is 23.9 Å². The third-order valence-electron chi connectivity index (χ3n) is 0. The van der Waals surface area contributed by atoms with Gasteiger partial charge in [-0.05, 0) is 0 Å². The van der Waals surface area contributed by atoms with Crippen LogP contribution in [0.15, 0.2) is 0 Å². The molecule has 0 aromatic carbocycles. The van der Waals surface area contributed by atoms with E-state index in [2.05, 4.69) is 0 Å². The monoisotopic (exact) mass is 170 g/mol. The Labute approximate surface area is 67.7 Å². The quantitative estimate of drug-likeness (QED) is 0.250. The van der Waals surface area contributed by atoms with Gasteiger partial charge in [0.1, 0.15) is 0 Å². The summed E-state index contributed by atoms with van der Waals surface area (Å²) in [6.07, 6.45) is 0. The molecule has 0 radical (unpaired) electrons. The van der Waals surface area contributed by atoms with Crippen molar-refractivity contribution < 1.29 is 51.8 Å². The fourth-order valence-electron chi connectivity index (χ4n) is 0. The van der Waals surface area contributed by atoms with E-state index < -0.39 is 15.3 Å². The average Bonchev–Trinajstić information content (AvgIpc) is 1.19. The molecule has 0 heterocycles. The first kappa shape index (κ1) is 16.9. The van der Waals surface area contributed by atoms with Crippen molar-refractivity contribution in [2.75, 3.05) is 0 Å². The van der Waals surface area contributed by atoms with Crippen LogP contribution in [0.4, 0.5) is 8.39 Å². The van der Waals surface area contributed by atoms with Gasteiger partial charge in [0.05, 0.1) is 0 Å². The molecule has 0 saturated carbocycles. The van der Waals surface area contributed by atoms with Crippen molar-refractivity contribution in [2.24, 2.45) is 0 Å². The molecule has 56 valence electrons. The molecule has 0 aliphatic carbocycles. The van der Waals surface area contributed by atoms with Crippen LogP contribution >= 0.6 is 7.99 Å². The summed E-state index contributed by atoms with van der Waals surface area (Å²) in [4.78, 5) is 6.74. The first-order valence-electron chi connectivity index (χ1n) is 1.47. The number of halogens is 2. The third-order valence-corrected chi connectivity index (χ3v) is 0. The molecule has 3 N–H and O–H groups in total. The van der Waals surface area contributed by atoms with Gasteiger partial charge in [0, 0.05) is 0 Å². The predicted octanol–water partition coefficient (Wildman–Crippen LogP) is -4.65. The third kappa shape index (κ3) is 1410. The SMILES string of the molecule is O=P(O)(F)F.[Li+].[O-]B(O)O. The molecule has 0 amide bonds. The summed E-state index contributed by atoms with van der Waals surface area (Å²) in [5, 5.41) is 22.8. The van der Waals surface area contributed by atoms with Gasteiger partial charge in [-0.2, -0.15) is 0 Å². The molecular weight excluding hydrogens is 167 g/mol. The van der Waals surface area contributed by atoms with Gasteiger partial charge in [-0.3, -0.25) is 4.89 Å². The van der Waals surface area contributed by atoms with Crippen LogP contribution in [-0.4, -0.2) is 22.3 Å². The van der Waals surface area contributed by atoms with E-state index in [0.717, 1.165) is 0 Å². The van der Waals surface area contributed by atoms with E-state index in [9.17, 15) is 8.39 Å². The molecule has 0 spiro atoms. The minimum absolute atomic E-state index is 0. The van der Waals surface area contributed by atoms with Gasteiger partial charge < -0.3 is 15.1 Å². The van der Waals surface area contributed by atoms with Gasteiger partial charge in [-0.25, -0.2) is 4.57 Å². The van der Waals surface area contributed by atoms with E-state index in [0.29, 0.717) is 0 Å². The van der Waals surface area contributed by atoms with Crippen LogP contribution in [-0.2, 0) is 4.57 Å². The molecule has 0 fully saturated rings. The molecule has 0 aliphatic heterocycles. The zero-order valence-corrected chi connectivity index (χ0v) is 5.83. The minimum atomic E-state index is -5.64. The zero-order chi connectivity index (χ0) is 8.08. The largest absolute Gasteiger partial charge is 1.00 e. The maximum Gasteiger partial charge on any atom is 1.00 e. The topological polar surface area (TPSA) is 101 Å². The van der Waals surface area contributed by atoms with Gasteiger partial charge >= 0.3 is 34.2 Å². The minimum Gasteiger partial charge on any atom is -0.832 e. The Balaban J connectivity index is -0.0000000910. The molecule has 0 aliphatic rings. The van der Waals surface area contributed by atoms with Crippen molar-refractivity contribution in [1.29, 1.82) is 0 Å². The Morgan fingerprint density at radius 2 is 1.40 bits per heavy atom. The maximum atomic E-state index is 10.1. The van der Waals surface area contributed by atoms with Crippen LogP contribution in [0, 0.1) is 0 Å². The molecular formula is H3BF2LiO5P. The summed E-state index contributed by atoms with van der Waals surface area (Å²) in [6.45, 7) is 0. The molecule has 0 atom stereocenters. The number of rotatable bonds is 0. The Bertz CT molecular complexity index is 90.8. The van der Waals surface area contributed by atoms with Crippen molar-refractivity contribution in [1.82, 2.24) is 0 Å². The van der Waals surface area contributed by atoms with Crippen molar-refractivity contribution in [2.45, 2.75) is 0 Å². The van der Waals surface area contributed by atoms with Crippen molar-refractivity contribution in [3.05, 3.63) is 0 Å². The molecule has 0 aromatic heterocycles. The fraction of sp³-hybridized carbons (Fsp3) is 0. The molecule has 5 nitrogen and oxygen atoms in total. The van der Waals surface area contributed by atoms with Crippen LogP contribution in [0.2, 0.25) is 0 Å². The Kier molecular flexibility index (Phi) is 13.0. The van der Waals surface area contributed by atoms with Crippen LogP contribution in [0.3, 0.4) is 0 Å². The molecule has 0 rings (SSSR count). The smallest absolute Gasteiger partial charge is 0.832 e. The first-order chi connectivity index (χ1) is 3.73. The summed E-state index contributed by atoms with van der Waals surface area (Å²) in [6, 6.07) is 0. The van der Waals surface area contributed by atoms with E-state index in [1.54, 1.807) is 0 Å². The molecule has 10 heavy (non-hydrogen) atoms. The Morgan fingerprint density at radius 1 is 1.40 bits per heavy atom. The van der Waals surface area contributed by atoms with Gasteiger partial charge in [0.25, 0.3) is 0 Å². The molecule has 0 bridgehead atoms. The Morgan fingerprint density at radius 3 is 1.40 bits per heavy atom. The molecule has 0 unspecified atom stereocenters. The summed E-state index contributed by atoms with van der Waals surface area (Å²) in [5.41, 5.74) is 0. The second-order valence-electron chi connectivity index (χ2n) is 0.761. The normalized spacial score (nSPS) is 8.60. The van der Waals surface area contributed by atoms with Crippen LogP contribution in [0.1, 0.15) is 0 Å². The molecule has 0 saturated heterocycles. The van der Waals surface area contributed by atoms with E-state index in [1.807, 2.05) is 0 Å². The van der Waals surface area contributed by atoms with E-state index in [1.165, 1.54) is 0 Å². The van der Waals surface area contributed by atoms with Gasteiger partial charge in [0.2, 0.25) is 0 Å². The second kappa shape index (κ2) is 7.70. The average molecular weight is 170 g/mol. The van der Waals surface area contributed by atoms with Crippen LogP contribution in [0.25, 0.3) is 0 Å². The van der Waals surface area contributed by atoms with Gasteiger partial charge in [-0.15, -0.1) is 8.39 Å². The zero-order valence-electron chi connectivity index (χ0n) is 4.94. The summed E-state index contributed by atoms with van der Waals surface area (Å²) < 4.78 is 28.7. The van der Waals surface area contributed by atoms with Crippen LogP contribution in [0.5, 0.6) is 0 Å². The molecule has 10 heteroatoms. The van der Waals surface area contributed by atoms with Gasteiger partial charge in [-0.1, -0.05) is 0 Å². The first-order valence-corrected chi connectivity index (χ1v) is 2.91. The van der Waals surface area contributed by atoms with E-state index >= 15 is 0 Å². The fourth-order valence-corrected chi connectivity index (χ4v) is 0. The van der Waals surface area contributed by atoms with Gasteiger partial charge in [0.15, 0.2) is 0 Å². The molecule has 0 aromatic rings. The van der Waals surface area contributed by atoms with E-state index in [4.69, 9.17) is 24.5 Å².